The fraction of sp³-hybridized carbons (Fsp3) is 0.385. The van der Waals surface area contributed by atoms with Gasteiger partial charge in [0.15, 0.2) is 0 Å². The number of hydrogen-bond donors (Lipinski definition) is 2. The smallest absolute Gasteiger partial charge is 0.366 e. The average molecular weight is 328 g/mol. The summed E-state index contributed by atoms with van der Waals surface area (Å²) in [6, 6.07) is 5.28. The van der Waals surface area contributed by atoms with E-state index in [2.05, 4.69) is 4.99 Å². The summed E-state index contributed by atoms with van der Waals surface area (Å²) in [5.41, 5.74) is 0.728. The lowest BCUT2D eigenvalue weighted by Gasteiger charge is -2.26. The molecule has 1 rings (SSSR count). The summed E-state index contributed by atoms with van der Waals surface area (Å²) in [6.45, 7) is 1.84. The van der Waals surface area contributed by atoms with Gasteiger partial charge in [-0.1, -0.05) is 0 Å². The van der Waals surface area contributed by atoms with E-state index in [9.17, 15) is 19.1 Å². The molecule has 0 fully saturated rings. The van der Waals surface area contributed by atoms with Crippen molar-refractivity contribution in [1.82, 2.24) is 9.80 Å². The number of hydrogen-bond acceptors (Lipinski definition) is 3. The molecule has 1 aromatic carbocycles. The first kappa shape index (κ1) is 18.2. The highest BCUT2D eigenvalue weighted by Gasteiger charge is 2.33. The molecule has 0 aliphatic carbocycles. The van der Waals surface area contributed by atoms with Gasteiger partial charge in [0.2, 0.25) is 0 Å². The zero-order valence-electron chi connectivity index (χ0n) is 13.3. The zero-order valence-corrected chi connectivity index (χ0v) is 14.2. The van der Waals surface area contributed by atoms with Gasteiger partial charge >= 0.3 is 13.8 Å². The third-order valence-electron chi connectivity index (χ3n) is 2.86. The molecule has 0 aromatic heterocycles. The molecule has 0 heterocycles. The Balaban J connectivity index is 3.17. The Morgan fingerprint density at radius 3 is 1.91 bits per heavy atom. The van der Waals surface area contributed by atoms with Gasteiger partial charge in [0.25, 0.3) is 0 Å². The number of urea groups is 1. The monoisotopic (exact) mass is 328 g/mol. The molecular weight excluding hydrogens is 307 g/mol. The quantitative estimate of drug-likeness (QED) is 0.502. The van der Waals surface area contributed by atoms with E-state index in [1.165, 1.54) is 26.2 Å². The first-order valence-corrected chi connectivity index (χ1v) is 8.00. The maximum absolute atomic E-state index is 12.0. The van der Waals surface area contributed by atoms with E-state index < -0.39 is 13.8 Å². The fourth-order valence-electron chi connectivity index (χ4n) is 1.52. The normalized spacial score (nSPS) is 12.0. The van der Waals surface area contributed by atoms with Crippen LogP contribution in [0.2, 0.25) is 0 Å². The lowest BCUT2D eigenvalue weighted by Crippen LogP contribution is -2.36. The van der Waals surface area contributed by atoms with Crippen LogP contribution in [-0.4, -0.2) is 59.6 Å². The first-order valence-electron chi connectivity index (χ1n) is 6.44. The van der Waals surface area contributed by atoms with Crippen molar-refractivity contribution < 1.29 is 19.1 Å². The second kappa shape index (κ2) is 6.91. The summed E-state index contributed by atoms with van der Waals surface area (Å²) < 4.78 is 12.0. The molecule has 122 valence electrons. The summed E-state index contributed by atoms with van der Waals surface area (Å²) in [6.07, 6.45) is 0. The van der Waals surface area contributed by atoms with Gasteiger partial charge in [-0.3, -0.25) is 0 Å². The van der Waals surface area contributed by atoms with E-state index in [1.807, 2.05) is 25.9 Å². The van der Waals surface area contributed by atoms with Crippen LogP contribution in [0.15, 0.2) is 29.3 Å². The molecule has 0 aliphatic heterocycles. The lowest BCUT2D eigenvalue weighted by atomic mass is 10.3. The van der Waals surface area contributed by atoms with Crippen LogP contribution in [0.25, 0.3) is 0 Å². The first-order chi connectivity index (χ1) is 10.0. The van der Waals surface area contributed by atoms with Crippen molar-refractivity contribution >= 4 is 31.0 Å². The van der Waals surface area contributed by atoms with E-state index in [0.717, 1.165) is 10.7 Å². The minimum absolute atomic E-state index is 0.105. The van der Waals surface area contributed by atoms with Crippen molar-refractivity contribution in [3.8, 4) is 0 Å². The van der Waals surface area contributed by atoms with Crippen molar-refractivity contribution in [3.63, 3.8) is 0 Å². The average Bonchev–Trinajstić information content (AvgIpc) is 2.39. The van der Waals surface area contributed by atoms with Crippen molar-refractivity contribution in [2.45, 2.75) is 6.92 Å². The van der Waals surface area contributed by atoms with Gasteiger partial charge in [-0.05, 0) is 31.2 Å². The van der Waals surface area contributed by atoms with Crippen LogP contribution in [0.3, 0.4) is 0 Å². The number of amides is 2. The molecule has 1 aromatic rings. The Morgan fingerprint density at radius 1 is 1.05 bits per heavy atom. The number of benzene rings is 1. The van der Waals surface area contributed by atoms with Crippen LogP contribution in [0.5, 0.6) is 0 Å². The largest absolute Gasteiger partial charge is 0.438 e. The molecule has 8 nitrogen and oxygen atoms in total. The van der Waals surface area contributed by atoms with E-state index in [-0.39, 0.29) is 5.69 Å². The maximum Gasteiger partial charge on any atom is 0.438 e. The number of carbonyl (C=O) groups excluding carboxylic acids is 1. The van der Waals surface area contributed by atoms with Crippen LogP contribution in [-0.2, 0) is 4.57 Å². The second-order valence-corrected chi connectivity index (χ2v) is 6.50. The van der Waals surface area contributed by atoms with Crippen molar-refractivity contribution in [2.24, 2.45) is 4.99 Å². The molecule has 2 N–H and O–H groups in total. The van der Waals surface area contributed by atoms with Gasteiger partial charge in [0.1, 0.15) is 5.84 Å². The highest BCUT2D eigenvalue weighted by atomic mass is 31.2. The highest BCUT2D eigenvalue weighted by Crippen LogP contribution is 2.44. The molecule has 0 atom stereocenters. The van der Waals surface area contributed by atoms with Gasteiger partial charge in [0.05, 0.1) is 11.4 Å². The highest BCUT2D eigenvalue weighted by molar-refractivity contribution is 7.54. The third kappa shape index (κ3) is 4.56. The number of carbonyl (C=O) groups is 1. The van der Waals surface area contributed by atoms with Crippen molar-refractivity contribution in [1.29, 1.82) is 0 Å². The van der Waals surface area contributed by atoms with Gasteiger partial charge in [0, 0.05) is 28.2 Å². The molecule has 0 saturated carbocycles. The predicted octanol–water partition coefficient (Wildman–Crippen LogP) is 1.88. The second-order valence-electron chi connectivity index (χ2n) is 5.07. The Hall–Kier alpha value is -1.89. The predicted molar refractivity (Wildman–Crippen MR) is 86.5 cm³/mol. The zero-order chi connectivity index (χ0) is 17.1. The lowest BCUT2D eigenvalue weighted by molar-refractivity contribution is 0.225. The summed E-state index contributed by atoms with van der Waals surface area (Å²) >= 11 is 0. The standard InChI is InChI=1S/C13H21N4O4P/c1-10(15(2)3)14-11-6-8-12(9-7-11)17(22(19,20)21)13(18)16(4)5/h6-9H,1-5H3,(H2,19,20,21). The van der Waals surface area contributed by atoms with Gasteiger partial charge in [-0.15, -0.1) is 0 Å². The van der Waals surface area contributed by atoms with Crippen LogP contribution in [0.1, 0.15) is 6.92 Å². The fourth-order valence-corrected chi connectivity index (χ4v) is 2.35. The van der Waals surface area contributed by atoms with Crippen LogP contribution >= 0.6 is 7.75 Å². The number of aliphatic imine (C=N–C) groups is 1. The minimum atomic E-state index is -4.77. The summed E-state index contributed by atoms with van der Waals surface area (Å²) in [7, 11) is 1.79. The van der Waals surface area contributed by atoms with Gasteiger partial charge in [-0.2, -0.15) is 4.67 Å². The molecular formula is C13H21N4O4P. The van der Waals surface area contributed by atoms with E-state index >= 15 is 0 Å². The Kier molecular flexibility index (Phi) is 5.71. The Bertz CT molecular complexity index is 607. The van der Waals surface area contributed by atoms with Crippen LogP contribution in [0, 0.1) is 0 Å². The van der Waals surface area contributed by atoms with Crippen LogP contribution in [0.4, 0.5) is 16.2 Å². The Morgan fingerprint density at radius 2 is 1.55 bits per heavy atom. The van der Waals surface area contributed by atoms with Gasteiger partial charge < -0.3 is 19.6 Å². The molecule has 22 heavy (non-hydrogen) atoms. The molecule has 0 saturated heterocycles. The topological polar surface area (TPSA) is 96.7 Å². The number of anilines is 1. The summed E-state index contributed by atoms with van der Waals surface area (Å²) in [5, 5.41) is 0. The third-order valence-corrected chi connectivity index (χ3v) is 3.78. The molecule has 0 unspecified atom stereocenters. The Labute approximate surface area is 129 Å². The summed E-state index contributed by atoms with van der Waals surface area (Å²) in [4.78, 5) is 38.0. The minimum Gasteiger partial charge on any atom is -0.366 e. The molecule has 2 amide bonds. The van der Waals surface area contributed by atoms with E-state index in [0.29, 0.717) is 10.4 Å². The SMILES string of the molecule is CC(=Nc1ccc(N(C(=O)N(C)C)P(=O)(O)O)cc1)N(C)C. The van der Waals surface area contributed by atoms with Gasteiger partial charge in [-0.25, -0.2) is 14.4 Å². The molecule has 0 bridgehead atoms. The number of nitrogens with zero attached hydrogens (tertiary/aromatic N) is 4. The molecule has 0 aliphatic rings. The van der Waals surface area contributed by atoms with Crippen molar-refractivity contribution in [2.75, 3.05) is 32.9 Å². The van der Waals surface area contributed by atoms with E-state index in [1.54, 1.807) is 12.1 Å². The van der Waals surface area contributed by atoms with E-state index in [4.69, 9.17) is 0 Å². The molecule has 9 heteroatoms. The molecule has 0 radical (unpaired) electrons. The summed E-state index contributed by atoms with van der Waals surface area (Å²) in [5.74, 6) is 0.781. The maximum atomic E-state index is 12.0. The molecule has 0 spiro atoms. The number of amidine groups is 1. The number of rotatable bonds is 3. The van der Waals surface area contributed by atoms with Crippen LogP contribution < -0.4 is 4.67 Å². The van der Waals surface area contributed by atoms with Crippen molar-refractivity contribution in [3.05, 3.63) is 24.3 Å².